The zero-order valence-electron chi connectivity index (χ0n) is 16.9. The lowest BCUT2D eigenvalue weighted by molar-refractivity contribution is -0.134. The monoisotopic (exact) mass is 425 g/mol. The van der Waals surface area contributed by atoms with Crippen LogP contribution in [0.1, 0.15) is 37.7 Å². The second-order valence-corrected chi connectivity index (χ2v) is 8.07. The van der Waals surface area contributed by atoms with E-state index in [1.807, 2.05) is 30.3 Å². The van der Waals surface area contributed by atoms with Crippen LogP contribution in [-0.2, 0) is 9.59 Å². The van der Waals surface area contributed by atoms with Crippen LogP contribution >= 0.6 is 11.6 Å². The Morgan fingerprint density at radius 2 is 1.90 bits per heavy atom. The minimum Gasteiger partial charge on any atom is -0.495 e. The van der Waals surface area contributed by atoms with E-state index in [0.717, 1.165) is 37.7 Å². The molecule has 0 bridgehead atoms. The van der Waals surface area contributed by atoms with Crippen molar-refractivity contribution in [1.29, 1.82) is 0 Å². The number of hydrogen-bond acceptors (Lipinski definition) is 4. The van der Waals surface area contributed by atoms with Gasteiger partial charge in [0.25, 0.3) is 5.91 Å². The molecule has 2 aliphatic rings. The highest BCUT2D eigenvalue weighted by Gasteiger charge is 2.48. The third-order valence-electron chi connectivity index (χ3n) is 5.71. The van der Waals surface area contributed by atoms with Crippen LogP contribution in [0.25, 0.3) is 0 Å². The molecule has 0 atom stereocenters. The van der Waals surface area contributed by atoms with Crippen molar-refractivity contribution < 1.29 is 14.3 Å². The van der Waals surface area contributed by atoms with Crippen molar-refractivity contribution in [3.63, 3.8) is 0 Å². The van der Waals surface area contributed by atoms with Gasteiger partial charge in [-0.15, -0.1) is 0 Å². The van der Waals surface area contributed by atoms with Crippen LogP contribution in [-0.4, -0.2) is 41.7 Å². The Kier molecular flexibility index (Phi) is 5.77. The summed E-state index contributed by atoms with van der Waals surface area (Å²) in [5.74, 6) is 0.0662. The maximum Gasteiger partial charge on any atom is 0.275 e. The summed E-state index contributed by atoms with van der Waals surface area (Å²) in [7, 11) is 1.53. The number of benzene rings is 2. The van der Waals surface area contributed by atoms with E-state index in [2.05, 4.69) is 5.32 Å². The number of halogens is 1. The SMILES string of the molecule is COc1ccc(NC(=O)CN2C(=O)C(c3ccccc3)=NC23CCCCC3)cc1Cl. The van der Waals surface area contributed by atoms with Crippen LogP contribution in [0.3, 0.4) is 0 Å². The second kappa shape index (κ2) is 8.48. The highest BCUT2D eigenvalue weighted by Crippen LogP contribution is 2.39. The highest BCUT2D eigenvalue weighted by molar-refractivity contribution is 6.47. The Hall–Kier alpha value is -2.86. The van der Waals surface area contributed by atoms with Crippen molar-refractivity contribution in [3.05, 3.63) is 59.1 Å². The highest BCUT2D eigenvalue weighted by atomic mass is 35.5. The van der Waals surface area contributed by atoms with Crippen LogP contribution in [0.5, 0.6) is 5.75 Å². The molecule has 0 saturated heterocycles. The van der Waals surface area contributed by atoms with E-state index in [1.54, 1.807) is 23.1 Å². The fourth-order valence-corrected chi connectivity index (χ4v) is 4.48. The molecule has 0 unspecified atom stereocenters. The van der Waals surface area contributed by atoms with E-state index < -0.39 is 5.66 Å². The number of nitrogens with one attached hydrogen (secondary N) is 1. The minimum atomic E-state index is -0.630. The first-order chi connectivity index (χ1) is 14.5. The standard InChI is InChI=1S/C23H24ClN3O3/c1-30-19-11-10-17(14-18(19)24)25-20(28)15-27-22(29)21(16-8-4-2-5-9-16)26-23(27)12-6-3-7-13-23/h2,4-5,8-11,14H,3,6-7,12-13,15H2,1H3,(H,25,28). The Morgan fingerprint density at radius 1 is 1.17 bits per heavy atom. The molecule has 1 saturated carbocycles. The van der Waals surface area contributed by atoms with Crippen molar-refractivity contribution in [2.24, 2.45) is 4.99 Å². The molecule has 156 valence electrons. The summed E-state index contributed by atoms with van der Waals surface area (Å²) in [6.45, 7) is -0.0533. The predicted octanol–water partition coefficient (Wildman–Crippen LogP) is 4.28. The molecule has 0 aromatic heterocycles. The number of amides is 2. The molecule has 1 aliphatic heterocycles. The topological polar surface area (TPSA) is 71.0 Å². The molecular formula is C23H24ClN3O3. The van der Waals surface area contributed by atoms with Gasteiger partial charge in [-0.2, -0.15) is 0 Å². The lowest BCUT2D eigenvalue weighted by Crippen LogP contribution is -2.51. The largest absolute Gasteiger partial charge is 0.495 e. The number of hydrogen-bond donors (Lipinski definition) is 1. The first-order valence-electron chi connectivity index (χ1n) is 10.1. The first-order valence-corrected chi connectivity index (χ1v) is 10.5. The lowest BCUT2D eigenvalue weighted by Gasteiger charge is -2.38. The predicted molar refractivity (Wildman–Crippen MR) is 117 cm³/mol. The van der Waals surface area contributed by atoms with Crippen molar-refractivity contribution in [3.8, 4) is 5.75 Å². The molecule has 6 nitrogen and oxygen atoms in total. The maximum absolute atomic E-state index is 13.3. The van der Waals surface area contributed by atoms with E-state index in [1.165, 1.54) is 7.11 Å². The molecule has 2 amide bonds. The maximum atomic E-state index is 13.3. The average molecular weight is 426 g/mol. The van der Waals surface area contributed by atoms with Crippen LogP contribution < -0.4 is 10.1 Å². The van der Waals surface area contributed by atoms with Crippen molar-refractivity contribution in [2.45, 2.75) is 37.8 Å². The molecule has 7 heteroatoms. The van der Waals surface area contributed by atoms with Crippen molar-refractivity contribution in [1.82, 2.24) is 4.90 Å². The summed E-state index contributed by atoms with van der Waals surface area (Å²) in [6.07, 6.45) is 4.65. The molecule has 2 aromatic carbocycles. The van der Waals surface area contributed by atoms with Gasteiger partial charge >= 0.3 is 0 Å². The molecule has 1 heterocycles. The molecular weight excluding hydrogens is 402 g/mol. The number of rotatable bonds is 5. The molecule has 30 heavy (non-hydrogen) atoms. The Bertz CT molecular complexity index is 984. The first kappa shape index (κ1) is 20.4. The summed E-state index contributed by atoms with van der Waals surface area (Å²) in [5, 5.41) is 3.24. The number of aliphatic imine (C=N–C) groups is 1. The van der Waals surface area contributed by atoms with Crippen LogP contribution in [0.2, 0.25) is 5.02 Å². The van der Waals surface area contributed by atoms with Gasteiger partial charge in [0.05, 0.1) is 12.1 Å². The van der Waals surface area contributed by atoms with Crippen molar-refractivity contribution in [2.75, 3.05) is 19.0 Å². The number of carbonyl (C=O) groups excluding carboxylic acids is 2. The summed E-state index contributed by atoms with van der Waals surface area (Å²) >= 11 is 6.15. The van der Waals surface area contributed by atoms with Gasteiger partial charge in [-0.3, -0.25) is 14.6 Å². The number of nitrogens with zero attached hydrogens (tertiary/aromatic N) is 2. The number of ether oxygens (including phenoxy) is 1. The van der Waals surface area contributed by atoms with E-state index >= 15 is 0 Å². The van der Waals surface area contributed by atoms with Crippen LogP contribution in [0.4, 0.5) is 5.69 Å². The zero-order chi connectivity index (χ0) is 21.1. The van der Waals surface area contributed by atoms with Gasteiger partial charge in [0, 0.05) is 11.3 Å². The summed E-state index contributed by atoms with van der Waals surface area (Å²) in [6, 6.07) is 14.5. The van der Waals surface area contributed by atoms with E-state index in [4.69, 9.17) is 21.3 Å². The fourth-order valence-electron chi connectivity index (χ4n) is 4.22. The second-order valence-electron chi connectivity index (χ2n) is 7.66. The third kappa shape index (κ3) is 3.92. The van der Waals surface area contributed by atoms with Gasteiger partial charge < -0.3 is 15.0 Å². The van der Waals surface area contributed by atoms with Gasteiger partial charge in [-0.1, -0.05) is 48.4 Å². The quantitative estimate of drug-likeness (QED) is 0.777. The third-order valence-corrected chi connectivity index (χ3v) is 6.00. The summed E-state index contributed by atoms with van der Waals surface area (Å²) in [5.41, 5.74) is 1.16. The molecule has 2 aromatic rings. The van der Waals surface area contributed by atoms with Crippen LogP contribution in [0.15, 0.2) is 53.5 Å². The average Bonchev–Trinajstić information content (AvgIpc) is 3.01. The number of carbonyl (C=O) groups is 2. The van der Waals surface area contributed by atoms with Crippen molar-refractivity contribution >= 4 is 34.8 Å². The van der Waals surface area contributed by atoms with Crippen LogP contribution in [0, 0.1) is 0 Å². The zero-order valence-corrected chi connectivity index (χ0v) is 17.6. The summed E-state index contributed by atoms with van der Waals surface area (Å²) in [4.78, 5) is 32.6. The van der Waals surface area contributed by atoms with Gasteiger partial charge in [-0.25, -0.2) is 0 Å². The fraction of sp³-hybridized carbons (Fsp3) is 0.348. The van der Waals surface area contributed by atoms with E-state index in [0.29, 0.717) is 22.2 Å². The van der Waals surface area contributed by atoms with E-state index in [9.17, 15) is 9.59 Å². The Labute approximate surface area is 180 Å². The molecule has 1 aliphatic carbocycles. The van der Waals surface area contributed by atoms with Gasteiger partial charge in [-0.05, 0) is 43.9 Å². The Balaban J connectivity index is 1.55. The molecule has 4 rings (SSSR count). The minimum absolute atomic E-state index is 0.0533. The normalized spacial score (nSPS) is 17.7. The molecule has 1 N–H and O–H groups in total. The molecule has 1 spiro atoms. The summed E-state index contributed by atoms with van der Waals surface area (Å²) < 4.78 is 5.14. The number of methoxy groups -OCH3 is 1. The number of anilines is 1. The molecule has 1 fully saturated rings. The Morgan fingerprint density at radius 3 is 2.57 bits per heavy atom. The van der Waals surface area contributed by atoms with Gasteiger partial charge in [0.1, 0.15) is 23.7 Å². The lowest BCUT2D eigenvalue weighted by atomic mass is 9.88. The smallest absolute Gasteiger partial charge is 0.275 e. The van der Waals surface area contributed by atoms with Gasteiger partial charge in [0.2, 0.25) is 5.91 Å². The van der Waals surface area contributed by atoms with Gasteiger partial charge in [0.15, 0.2) is 0 Å². The molecule has 0 radical (unpaired) electrons. The van der Waals surface area contributed by atoms with E-state index in [-0.39, 0.29) is 18.4 Å².